The van der Waals surface area contributed by atoms with Gasteiger partial charge in [0, 0.05) is 18.7 Å². The molecule has 0 aliphatic rings. The van der Waals surface area contributed by atoms with Crippen molar-refractivity contribution < 1.29 is 14.1 Å². The fraction of sp³-hybridized carbons (Fsp3) is 0.200. The van der Waals surface area contributed by atoms with Crippen LogP contribution in [0.3, 0.4) is 0 Å². The molecular formula is C15H15FN2O3. The number of hydrogen-bond donors (Lipinski definition) is 1. The van der Waals surface area contributed by atoms with E-state index >= 15 is 0 Å². The third kappa shape index (κ3) is 3.10. The molecule has 0 saturated carbocycles. The molecule has 0 amide bonds. The number of hydrogen-bond acceptors (Lipinski definition) is 4. The highest BCUT2D eigenvalue weighted by Crippen LogP contribution is 2.29. The van der Waals surface area contributed by atoms with Crippen LogP contribution in [0.15, 0.2) is 36.4 Å². The second-order valence-electron chi connectivity index (χ2n) is 4.49. The van der Waals surface area contributed by atoms with Crippen molar-refractivity contribution in [3.8, 4) is 5.75 Å². The van der Waals surface area contributed by atoms with Gasteiger partial charge in [-0.05, 0) is 18.6 Å². The number of benzene rings is 2. The second kappa shape index (κ2) is 6.21. The number of nitrogens with one attached hydrogen (secondary N) is 1. The van der Waals surface area contributed by atoms with Gasteiger partial charge in [0.05, 0.1) is 4.92 Å². The van der Waals surface area contributed by atoms with E-state index in [9.17, 15) is 14.5 Å². The first-order valence-electron chi connectivity index (χ1n) is 6.36. The van der Waals surface area contributed by atoms with Crippen molar-refractivity contribution in [3.05, 3.63) is 63.5 Å². The number of halogens is 1. The van der Waals surface area contributed by atoms with E-state index in [1.54, 1.807) is 38.2 Å². The Bertz CT molecular complexity index is 674. The monoisotopic (exact) mass is 290 g/mol. The average Bonchev–Trinajstić information content (AvgIpc) is 2.48. The van der Waals surface area contributed by atoms with Gasteiger partial charge in [-0.1, -0.05) is 24.3 Å². The zero-order valence-electron chi connectivity index (χ0n) is 11.7. The Morgan fingerprint density at radius 1 is 1.29 bits per heavy atom. The summed E-state index contributed by atoms with van der Waals surface area (Å²) in [4.78, 5) is 10.5. The summed E-state index contributed by atoms with van der Waals surface area (Å²) in [5, 5.41) is 13.8. The van der Waals surface area contributed by atoms with Gasteiger partial charge in [0.15, 0.2) is 11.6 Å². The first kappa shape index (κ1) is 14.8. The van der Waals surface area contributed by atoms with Crippen molar-refractivity contribution in [1.29, 1.82) is 0 Å². The molecule has 1 N–H and O–H groups in total. The summed E-state index contributed by atoms with van der Waals surface area (Å²) in [6.07, 6.45) is 0. The van der Waals surface area contributed by atoms with Crippen LogP contribution >= 0.6 is 0 Å². The number of nitrogens with zero attached hydrogens (tertiary/aromatic N) is 1. The van der Waals surface area contributed by atoms with Gasteiger partial charge >= 0.3 is 0 Å². The number of nitro groups is 1. The van der Waals surface area contributed by atoms with E-state index in [1.807, 2.05) is 0 Å². The molecular weight excluding hydrogens is 275 g/mol. The molecule has 0 radical (unpaired) electrons. The maximum atomic E-state index is 13.8. The van der Waals surface area contributed by atoms with E-state index in [0.717, 1.165) is 0 Å². The molecule has 0 unspecified atom stereocenters. The standard InChI is InChI=1S/C15H15FN2O3/c1-10-5-3-8-13(14(10)16)21-9-11-6-4-7-12(18(19)20)15(11)17-2/h3-8,17H,9H2,1-2H3. The van der Waals surface area contributed by atoms with Crippen LogP contribution in [-0.4, -0.2) is 12.0 Å². The third-order valence-corrected chi connectivity index (χ3v) is 3.11. The number of ether oxygens (including phenoxy) is 1. The highest BCUT2D eigenvalue weighted by Gasteiger charge is 2.16. The van der Waals surface area contributed by atoms with Crippen LogP contribution in [0.25, 0.3) is 0 Å². The molecule has 21 heavy (non-hydrogen) atoms. The van der Waals surface area contributed by atoms with Crippen LogP contribution in [0.1, 0.15) is 11.1 Å². The van der Waals surface area contributed by atoms with Crippen LogP contribution in [0.2, 0.25) is 0 Å². The fourth-order valence-corrected chi connectivity index (χ4v) is 2.04. The van der Waals surface area contributed by atoms with Crippen molar-refractivity contribution in [3.63, 3.8) is 0 Å². The largest absolute Gasteiger partial charge is 0.486 e. The number of nitro benzene ring substituents is 1. The Kier molecular flexibility index (Phi) is 4.37. The second-order valence-corrected chi connectivity index (χ2v) is 4.49. The Morgan fingerprint density at radius 3 is 2.67 bits per heavy atom. The lowest BCUT2D eigenvalue weighted by Gasteiger charge is -2.12. The molecule has 0 heterocycles. The van der Waals surface area contributed by atoms with Gasteiger partial charge in [0.1, 0.15) is 12.3 Å². The van der Waals surface area contributed by atoms with Crippen LogP contribution in [-0.2, 0) is 6.61 Å². The van der Waals surface area contributed by atoms with Crippen LogP contribution in [0.4, 0.5) is 15.8 Å². The quantitative estimate of drug-likeness (QED) is 0.674. The fourth-order valence-electron chi connectivity index (χ4n) is 2.04. The molecule has 6 heteroatoms. The number of anilines is 1. The smallest absolute Gasteiger partial charge is 0.292 e. The Hall–Kier alpha value is -2.63. The van der Waals surface area contributed by atoms with Crippen molar-refractivity contribution >= 4 is 11.4 Å². The van der Waals surface area contributed by atoms with E-state index in [0.29, 0.717) is 16.8 Å². The topological polar surface area (TPSA) is 64.4 Å². The van der Waals surface area contributed by atoms with Gasteiger partial charge in [-0.2, -0.15) is 0 Å². The highest BCUT2D eigenvalue weighted by molar-refractivity contribution is 5.66. The molecule has 0 aliphatic carbocycles. The van der Waals surface area contributed by atoms with Crippen molar-refractivity contribution in [2.75, 3.05) is 12.4 Å². The molecule has 2 aromatic rings. The SMILES string of the molecule is CNc1c(COc2cccc(C)c2F)cccc1[N+](=O)[O-]. The summed E-state index contributed by atoms with van der Waals surface area (Å²) in [6, 6.07) is 9.55. The Morgan fingerprint density at radius 2 is 2.00 bits per heavy atom. The predicted molar refractivity (Wildman–Crippen MR) is 78.1 cm³/mol. The summed E-state index contributed by atoms with van der Waals surface area (Å²) in [5.74, 6) is -0.294. The normalized spacial score (nSPS) is 10.2. The molecule has 0 saturated heterocycles. The summed E-state index contributed by atoms with van der Waals surface area (Å²) in [5.41, 5.74) is 1.41. The molecule has 0 bridgehead atoms. The first-order valence-corrected chi connectivity index (χ1v) is 6.36. The van der Waals surface area contributed by atoms with Gasteiger partial charge in [-0.3, -0.25) is 10.1 Å². The minimum atomic E-state index is -0.470. The van der Waals surface area contributed by atoms with Crippen LogP contribution in [0.5, 0.6) is 5.75 Å². The van der Waals surface area contributed by atoms with Crippen LogP contribution < -0.4 is 10.1 Å². The average molecular weight is 290 g/mol. The summed E-state index contributed by atoms with van der Waals surface area (Å²) in [7, 11) is 1.60. The first-order chi connectivity index (χ1) is 10.0. The van der Waals surface area contributed by atoms with Crippen LogP contribution in [0, 0.1) is 22.9 Å². The van der Waals surface area contributed by atoms with E-state index in [1.165, 1.54) is 12.1 Å². The maximum absolute atomic E-state index is 13.8. The van der Waals surface area contributed by atoms with Crippen molar-refractivity contribution in [1.82, 2.24) is 0 Å². The van der Waals surface area contributed by atoms with Gasteiger partial charge < -0.3 is 10.1 Å². The molecule has 0 fully saturated rings. The third-order valence-electron chi connectivity index (χ3n) is 3.11. The van der Waals surface area contributed by atoms with Gasteiger partial charge in [-0.15, -0.1) is 0 Å². The van der Waals surface area contributed by atoms with E-state index in [-0.39, 0.29) is 18.0 Å². The van der Waals surface area contributed by atoms with E-state index in [4.69, 9.17) is 4.74 Å². The number of para-hydroxylation sites is 1. The highest BCUT2D eigenvalue weighted by atomic mass is 19.1. The lowest BCUT2D eigenvalue weighted by molar-refractivity contribution is -0.384. The lowest BCUT2D eigenvalue weighted by Crippen LogP contribution is -2.04. The molecule has 0 aliphatic heterocycles. The van der Waals surface area contributed by atoms with Crippen molar-refractivity contribution in [2.45, 2.75) is 13.5 Å². The lowest BCUT2D eigenvalue weighted by atomic mass is 10.1. The predicted octanol–water partition coefficient (Wildman–Crippen LogP) is 3.66. The number of aryl methyl sites for hydroxylation is 1. The number of rotatable bonds is 5. The summed E-state index contributed by atoms with van der Waals surface area (Å²) >= 11 is 0. The molecule has 0 aromatic heterocycles. The molecule has 5 nitrogen and oxygen atoms in total. The molecule has 0 spiro atoms. The summed E-state index contributed by atoms with van der Waals surface area (Å²) < 4.78 is 19.3. The van der Waals surface area contributed by atoms with E-state index < -0.39 is 10.7 Å². The van der Waals surface area contributed by atoms with E-state index in [2.05, 4.69) is 5.32 Å². The Labute approximate surface area is 121 Å². The molecule has 110 valence electrons. The molecule has 0 atom stereocenters. The minimum Gasteiger partial charge on any atom is -0.486 e. The maximum Gasteiger partial charge on any atom is 0.292 e. The van der Waals surface area contributed by atoms with Gasteiger partial charge in [0.2, 0.25) is 0 Å². The van der Waals surface area contributed by atoms with Gasteiger partial charge in [-0.25, -0.2) is 4.39 Å². The summed E-state index contributed by atoms with van der Waals surface area (Å²) in [6.45, 7) is 1.69. The zero-order chi connectivity index (χ0) is 15.4. The molecule has 2 aromatic carbocycles. The van der Waals surface area contributed by atoms with Gasteiger partial charge in [0.25, 0.3) is 5.69 Å². The van der Waals surface area contributed by atoms with Crippen molar-refractivity contribution in [2.24, 2.45) is 0 Å². The minimum absolute atomic E-state index is 0.0386. The Balaban J connectivity index is 2.26. The zero-order valence-corrected chi connectivity index (χ0v) is 11.7. The molecule has 2 rings (SSSR count).